The Morgan fingerprint density at radius 1 is 1.00 bits per heavy atom. The first-order valence-corrected chi connectivity index (χ1v) is 9.58. The molecule has 0 aromatic rings. The molecule has 1 aliphatic carbocycles. The number of carbonyl (C=O) groups excluding carboxylic acids is 2. The van der Waals surface area contributed by atoms with E-state index in [4.69, 9.17) is 4.74 Å². The number of hydrogen-bond acceptors (Lipinski definition) is 3. The van der Waals surface area contributed by atoms with Crippen molar-refractivity contribution in [1.29, 1.82) is 0 Å². The highest BCUT2D eigenvalue weighted by molar-refractivity contribution is 5.88. The summed E-state index contributed by atoms with van der Waals surface area (Å²) >= 11 is 0. The second-order valence-corrected chi connectivity index (χ2v) is 8.78. The Hall–Kier alpha value is -1.10. The van der Waals surface area contributed by atoms with Crippen LogP contribution in [0.1, 0.15) is 65.7 Å². The Balaban J connectivity index is 1.69. The van der Waals surface area contributed by atoms with Crippen LogP contribution in [0.25, 0.3) is 0 Å². The molecule has 2 saturated heterocycles. The third kappa shape index (κ3) is 3.76. The number of carbonyl (C=O) groups is 2. The maximum atomic E-state index is 13.2. The SMILES string of the molecule is CC(C)(C)CC(=O)N1CCCC1C(=O)N1CCOC2CCCCC21. The van der Waals surface area contributed by atoms with E-state index in [1.165, 1.54) is 12.8 Å². The van der Waals surface area contributed by atoms with Gasteiger partial charge in [0.25, 0.3) is 0 Å². The topological polar surface area (TPSA) is 49.9 Å². The van der Waals surface area contributed by atoms with E-state index >= 15 is 0 Å². The minimum absolute atomic E-state index is 0.0410. The quantitative estimate of drug-likeness (QED) is 0.779. The number of fused-ring (bicyclic) bond motifs is 1. The van der Waals surface area contributed by atoms with Crippen molar-refractivity contribution >= 4 is 11.8 Å². The maximum absolute atomic E-state index is 13.2. The lowest BCUT2D eigenvalue weighted by molar-refractivity contribution is -0.157. The standard InChI is InChI=1S/C19H32N2O3/c1-19(2,3)13-17(22)20-10-6-8-15(20)18(23)21-11-12-24-16-9-5-4-7-14(16)21/h14-16H,4-13H2,1-3H3. The molecule has 5 nitrogen and oxygen atoms in total. The molecule has 3 fully saturated rings. The summed E-state index contributed by atoms with van der Waals surface area (Å²) in [6, 6.07) is -0.0271. The normalized spacial score (nSPS) is 31.0. The third-order valence-electron chi connectivity index (χ3n) is 5.55. The van der Waals surface area contributed by atoms with E-state index < -0.39 is 0 Å². The number of rotatable bonds is 2. The Kier molecular flexibility index (Phi) is 5.19. The molecule has 2 amide bonds. The van der Waals surface area contributed by atoms with Crippen molar-refractivity contribution in [1.82, 2.24) is 9.80 Å². The van der Waals surface area contributed by atoms with Gasteiger partial charge in [-0.3, -0.25) is 9.59 Å². The fraction of sp³-hybridized carbons (Fsp3) is 0.895. The average Bonchev–Trinajstić information content (AvgIpc) is 3.02. The van der Waals surface area contributed by atoms with Gasteiger partial charge in [0, 0.05) is 19.5 Å². The number of ether oxygens (including phenoxy) is 1. The van der Waals surface area contributed by atoms with E-state index in [-0.39, 0.29) is 35.4 Å². The summed E-state index contributed by atoms with van der Waals surface area (Å²) < 4.78 is 5.89. The fourth-order valence-electron chi connectivity index (χ4n) is 4.44. The first-order chi connectivity index (χ1) is 11.4. The Bertz CT molecular complexity index is 483. The Labute approximate surface area is 145 Å². The predicted octanol–water partition coefficient (Wildman–Crippen LogP) is 2.58. The zero-order valence-corrected chi connectivity index (χ0v) is 15.4. The van der Waals surface area contributed by atoms with Crippen LogP contribution in [-0.2, 0) is 14.3 Å². The molecule has 3 rings (SSSR count). The van der Waals surface area contributed by atoms with Crippen LogP contribution < -0.4 is 0 Å². The van der Waals surface area contributed by atoms with Crippen LogP contribution >= 0.6 is 0 Å². The van der Waals surface area contributed by atoms with Gasteiger partial charge in [-0.1, -0.05) is 33.6 Å². The number of amides is 2. The largest absolute Gasteiger partial charge is 0.374 e. The van der Waals surface area contributed by atoms with Gasteiger partial charge in [0.05, 0.1) is 18.8 Å². The molecule has 0 spiro atoms. The molecule has 3 atom stereocenters. The van der Waals surface area contributed by atoms with E-state index in [0.717, 1.165) is 32.2 Å². The van der Waals surface area contributed by atoms with Gasteiger partial charge in [0.15, 0.2) is 0 Å². The lowest BCUT2D eigenvalue weighted by atomic mass is 9.89. The molecule has 24 heavy (non-hydrogen) atoms. The van der Waals surface area contributed by atoms with Crippen molar-refractivity contribution < 1.29 is 14.3 Å². The molecule has 0 radical (unpaired) electrons. The van der Waals surface area contributed by atoms with Crippen LogP contribution in [0.2, 0.25) is 0 Å². The third-order valence-corrected chi connectivity index (χ3v) is 5.55. The van der Waals surface area contributed by atoms with Crippen LogP contribution in [-0.4, -0.2) is 59.5 Å². The lowest BCUT2D eigenvalue weighted by Crippen LogP contribution is -2.59. The highest BCUT2D eigenvalue weighted by Gasteiger charge is 2.43. The summed E-state index contributed by atoms with van der Waals surface area (Å²) in [6.45, 7) is 8.27. The van der Waals surface area contributed by atoms with Crippen LogP contribution in [0.4, 0.5) is 0 Å². The highest BCUT2D eigenvalue weighted by atomic mass is 16.5. The Morgan fingerprint density at radius 2 is 1.75 bits per heavy atom. The summed E-state index contributed by atoms with van der Waals surface area (Å²) in [7, 11) is 0. The Morgan fingerprint density at radius 3 is 2.50 bits per heavy atom. The van der Waals surface area contributed by atoms with Gasteiger partial charge in [0.1, 0.15) is 6.04 Å². The number of likely N-dealkylation sites (tertiary alicyclic amines) is 1. The molecular weight excluding hydrogens is 304 g/mol. The molecular formula is C19H32N2O3. The van der Waals surface area contributed by atoms with E-state index in [2.05, 4.69) is 20.8 Å². The second-order valence-electron chi connectivity index (χ2n) is 8.78. The first-order valence-electron chi connectivity index (χ1n) is 9.58. The predicted molar refractivity (Wildman–Crippen MR) is 92.5 cm³/mol. The molecule has 5 heteroatoms. The number of hydrogen-bond donors (Lipinski definition) is 0. The number of nitrogens with zero attached hydrogens (tertiary/aromatic N) is 2. The summed E-state index contributed by atoms with van der Waals surface area (Å²) in [4.78, 5) is 29.8. The molecule has 136 valence electrons. The maximum Gasteiger partial charge on any atom is 0.245 e. The zero-order chi connectivity index (χ0) is 17.3. The second kappa shape index (κ2) is 7.03. The lowest BCUT2D eigenvalue weighted by Gasteiger charge is -2.45. The van der Waals surface area contributed by atoms with Crippen LogP contribution in [0.15, 0.2) is 0 Å². The first kappa shape index (κ1) is 17.7. The van der Waals surface area contributed by atoms with Gasteiger partial charge < -0.3 is 14.5 Å². The van der Waals surface area contributed by atoms with Crippen molar-refractivity contribution in [3.63, 3.8) is 0 Å². The van der Waals surface area contributed by atoms with Crippen LogP contribution in [0.5, 0.6) is 0 Å². The van der Waals surface area contributed by atoms with Crippen molar-refractivity contribution in [2.75, 3.05) is 19.7 Å². The van der Waals surface area contributed by atoms with Gasteiger partial charge in [-0.2, -0.15) is 0 Å². The van der Waals surface area contributed by atoms with Crippen molar-refractivity contribution in [3.05, 3.63) is 0 Å². The van der Waals surface area contributed by atoms with Gasteiger partial charge in [-0.05, 0) is 31.1 Å². The molecule has 3 aliphatic rings. The van der Waals surface area contributed by atoms with E-state index in [9.17, 15) is 9.59 Å². The van der Waals surface area contributed by atoms with Crippen molar-refractivity contribution in [2.24, 2.45) is 5.41 Å². The summed E-state index contributed by atoms with van der Waals surface area (Å²) in [5.74, 6) is 0.293. The molecule has 0 aromatic heterocycles. The van der Waals surface area contributed by atoms with Crippen molar-refractivity contribution in [3.8, 4) is 0 Å². The van der Waals surface area contributed by atoms with Gasteiger partial charge in [0.2, 0.25) is 11.8 Å². The van der Waals surface area contributed by atoms with Crippen LogP contribution in [0.3, 0.4) is 0 Å². The fourth-order valence-corrected chi connectivity index (χ4v) is 4.44. The molecule has 2 aliphatic heterocycles. The minimum Gasteiger partial charge on any atom is -0.374 e. The minimum atomic E-state index is -0.250. The molecule has 0 bridgehead atoms. The molecule has 3 unspecified atom stereocenters. The average molecular weight is 336 g/mol. The summed E-state index contributed by atoms with van der Waals surface area (Å²) in [5, 5.41) is 0. The summed E-state index contributed by atoms with van der Waals surface area (Å²) in [5.41, 5.74) is -0.0410. The zero-order valence-electron chi connectivity index (χ0n) is 15.4. The van der Waals surface area contributed by atoms with Gasteiger partial charge >= 0.3 is 0 Å². The smallest absolute Gasteiger partial charge is 0.245 e. The monoisotopic (exact) mass is 336 g/mol. The van der Waals surface area contributed by atoms with Gasteiger partial charge in [-0.15, -0.1) is 0 Å². The summed E-state index contributed by atoms with van der Waals surface area (Å²) in [6.07, 6.45) is 6.93. The number of morpholine rings is 1. The van der Waals surface area contributed by atoms with E-state index in [1.807, 2.05) is 9.80 Å². The van der Waals surface area contributed by atoms with Crippen molar-refractivity contribution in [2.45, 2.75) is 83.9 Å². The molecule has 0 aromatic carbocycles. The molecule has 1 saturated carbocycles. The van der Waals surface area contributed by atoms with E-state index in [1.54, 1.807) is 0 Å². The molecule has 0 N–H and O–H groups in total. The molecule has 2 heterocycles. The van der Waals surface area contributed by atoms with Gasteiger partial charge in [-0.25, -0.2) is 0 Å². The highest BCUT2D eigenvalue weighted by Crippen LogP contribution is 2.31. The van der Waals surface area contributed by atoms with Crippen LogP contribution in [0, 0.1) is 5.41 Å². The van der Waals surface area contributed by atoms with E-state index in [0.29, 0.717) is 19.6 Å².